The van der Waals surface area contributed by atoms with E-state index in [1.807, 2.05) is 0 Å². The van der Waals surface area contributed by atoms with Crippen molar-refractivity contribution in [2.75, 3.05) is 4.90 Å². The third-order valence-electron chi connectivity index (χ3n) is 3.44. The molecule has 1 atom stereocenters. The zero-order chi connectivity index (χ0) is 12.7. The SMILES string of the molecule is O=C1CC(C2CC2)NC(=O)N1c1ccccc1Cl. The van der Waals surface area contributed by atoms with Gasteiger partial charge in [0.05, 0.1) is 10.7 Å². The second-order valence-corrected chi connectivity index (χ2v) is 5.19. The molecule has 1 N–H and O–H groups in total. The van der Waals surface area contributed by atoms with E-state index in [0.717, 1.165) is 17.7 Å². The standard InChI is InChI=1S/C13H13ClN2O2/c14-9-3-1-2-4-11(9)16-12(17)7-10(8-5-6-8)15-13(16)18/h1-4,8,10H,5-7H2,(H,15,18). The summed E-state index contributed by atoms with van der Waals surface area (Å²) < 4.78 is 0. The van der Waals surface area contributed by atoms with Crippen molar-refractivity contribution in [3.63, 3.8) is 0 Å². The summed E-state index contributed by atoms with van der Waals surface area (Å²) in [5.74, 6) is 0.301. The van der Waals surface area contributed by atoms with Crippen LogP contribution in [0.15, 0.2) is 24.3 Å². The topological polar surface area (TPSA) is 49.4 Å². The summed E-state index contributed by atoms with van der Waals surface area (Å²) in [4.78, 5) is 25.3. The van der Waals surface area contributed by atoms with Crippen LogP contribution in [-0.4, -0.2) is 18.0 Å². The molecule has 4 nitrogen and oxygen atoms in total. The van der Waals surface area contributed by atoms with Gasteiger partial charge < -0.3 is 5.32 Å². The number of halogens is 1. The lowest BCUT2D eigenvalue weighted by atomic mass is 10.1. The van der Waals surface area contributed by atoms with Crippen LogP contribution in [-0.2, 0) is 4.79 Å². The number of nitrogens with zero attached hydrogens (tertiary/aromatic N) is 1. The Hall–Kier alpha value is -1.55. The maximum absolute atomic E-state index is 12.1. The number of amides is 3. The molecule has 1 saturated heterocycles. The van der Waals surface area contributed by atoms with Crippen molar-refractivity contribution in [1.82, 2.24) is 5.32 Å². The number of benzene rings is 1. The highest BCUT2D eigenvalue weighted by atomic mass is 35.5. The molecule has 0 spiro atoms. The lowest BCUT2D eigenvalue weighted by Crippen LogP contribution is -2.55. The number of nitrogens with one attached hydrogen (secondary N) is 1. The van der Waals surface area contributed by atoms with Crippen LogP contribution in [0.3, 0.4) is 0 Å². The molecular formula is C13H13ClN2O2. The summed E-state index contributed by atoms with van der Waals surface area (Å²) in [5.41, 5.74) is 0.455. The fourth-order valence-corrected chi connectivity index (χ4v) is 2.55. The Morgan fingerprint density at radius 1 is 1.22 bits per heavy atom. The van der Waals surface area contributed by atoms with Crippen LogP contribution in [0.4, 0.5) is 10.5 Å². The number of hydrogen-bond donors (Lipinski definition) is 1. The van der Waals surface area contributed by atoms with Crippen LogP contribution in [0.1, 0.15) is 19.3 Å². The first kappa shape index (κ1) is 11.5. The summed E-state index contributed by atoms with van der Waals surface area (Å²) in [5, 5.41) is 3.30. The summed E-state index contributed by atoms with van der Waals surface area (Å²) in [7, 11) is 0. The average molecular weight is 265 g/mol. The Morgan fingerprint density at radius 2 is 1.94 bits per heavy atom. The maximum atomic E-state index is 12.1. The van der Waals surface area contributed by atoms with Crippen LogP contribution in [0.25, 0.3) is 0 Å². The van der Waals surface area contributed by atoms with Gasteiger partial charge in [0.25, 0.3) is 0 Å². The van der Waals surface area contributed by atoms with Gasteiger partial charge in [-0.2, -0.15) is 0 Å². The van der Waals surface area contributed by atoms with Gasteiger partial charge in [0.2, 0.25) is 5.91 Å². The smallest absolute Gasteiger partial charge is 0.329 e. The number of carbonyl (C=O) groups is 2. The molecule has 0 radical (unpaired) electrons. The number of urea groups is 1. The lowest BCUT2D eigenvalue weighted by molar-refractivity contribution is -0.119. The summed E-state index contributed by atoms with van der Waals surface area (Å²) >= 11 is 6.03. The van der Waals surface area contributed by atoms with E-state index in [1.165, 1.54) is 0 Å². The first-order valence-electron chi connectivity index (χ1n) is 6.05. The first-order valence-corrected chi connectivity index (χ1v) is 6.42. The van der Waals surface area contributed by atoms with E-state index in [9.17, 15) is 9.59 Å². The molecule has 1 aliphatic heterocycles. The molecule has 1 aromatic rings. The van der Waals surface area contributed by atoms with Gasteiger partial charge in [-0.25, -0.2) is 9.69 Å². The van der Waals surface area contributed by atoms with Crippen LogP contribution in [0.5, 0.6) is 0 Å². The molecule has 1 heterocycles. The van der Waals surface area contributed by atoms with Gasteiger partial charge in [0, 0.05) is 12.5 Å². The van der Waals surface area contributed by atoms with Gasteiger partial charge in [0.15, 0.2) is 0 Å². The van der Waals surface area contributed by atoms with Gasteiger partial charge in [0.1, 0.15) is 0 Å². The van der Waals surface area contributed by atoms with Gasteiger partial charge in [-0.3, -0.25) is 4.79 Å². The third kappa shape index (κ3) is 1.97. The highest BCUT2D eigenvalue weighted by molar-refractivity contribution is 6.35. The van der Waals surface area contributed by atoms with Crippen molar-refractivity contribution in [1.29, 1.82) is 0 Å². The van der Waals surface area contributed by atoms with Gasteiger partial charge >= 0.3 is 6.03 Å². The minimum atomic E-state index is -0.365. The van der Waals surface area contributed by atoms with E-state index < -0.39 is 0 Å². The highest BCUT2D eigenvalue weighted by Gasteiger charge is 2.41. The first-order chi connectivity index (χ1) is 8.66. The largest absolute Gasteiger partial charge is 0.334 e. The Labute approximate surface area is 110 Å². The zero-order valence-electron chi connectivity index (χ0n) is 9.73. The number of para-hydroxylation sites is 1. The second kappa shape index (κ2) is 4.28. The Balaban J connectivity index is 1.87. The van der Waals surface area contributed by atoms with E-state index in [2.05, 4.69) is 5.32 Å². The van der Waals surface area contributed by atoms with Gasteiger partial charge in [-0.1, -0.05) is 23.7 Å². The van der Waals surface area contributed by atoms with Crippen molar-refractivity contribution in [3.05, 3.63) is 29.3 Å². The Morgan fingerprint density at radius 3 is 2.56 bits per heavy atom. The minimum Gasteiger partial charge on any atom is -0.334 e. The van der Waals surface area contributed by atoms with Crippen molar-refractivity contribution < 1.29 is 9.59 Å². The molecular weight excluding hydrogens is 252 g/mol. The van der Waals surface area contributed by atoms with Crippen LogP contribution in [0, 0.1) is 5.92 Å². The molecule has 1 aromatic carbocycles. The molecule has 0 bridgehead atoms. The second-order valence-electron chi connectivity index (χ2n) is 4.78. The van der Waals surface area contributed by atoms with E-state index in [0.29, 0.717) is 23.0 Å². The zero-order valence-corrected chi connectivity index (χ0v) is 10.5. The summed E-state index contributed by atoms with van der Waals surface area (Å²) in [6.45, 7) is 0. The molecule has 1 saturated carbocycles. The van der Waals surface area contributed by atoms with E-state index in [4.69, 9.17) is 11.6 Å². The highest BCUT2D eigenvalue weighted by Crippen LogP contribution is 2.36. The molecule has 5 heteroatoms. The maximum Gasteiger partial charge on any atom is 0.329 e. The van der Waals surface area contributed by atoms with Gasteiger partial charge in [-0.05, 0) is 30.9 Å². The van der Waals surface area contributed by atoms with Gasteiger partial charge in [-0.15, -0.1) is 0 Å². The molecule has 0 aromatic heterocycles. The molecule has 3 amide bonds. The quantitative estimate of drug-likeness (QED) is 0.892. The third-order valence-corrected chi connectivity index (χ3v) is 3.76. The lowest BCUT2D eigenvalue weighted by Gasteiger charge is -2.31. The molecule has 2 fully saturated rings. The average Bonchev–Trinajstić information content (AvgIpc) is 3.14. The fraction of sp³-hybridized carbons (Fsp3) is 0.385. The van der Waals surface area contributed by atoms with E-state index in [-0.39, 0.29) is 18.0 Å². The Kier molecular flexibility index (Phi) is 2.74. The summed E-state index contributed by atoms with van der Waals surface area (Å²) in [6, 6.07) is 6.52. The predicted octanol–water partition coefficient (Wildman–Crippen LogP) is 2.56. The number of rotatable bonds is 2. The van der Waals surface area contributed by atoms with Crippen molar-refractivity contribution in [2.24, 2.45) is 5.92 Å². The predicted molar refractivity (Wildman–Crippen MR) is 68.6 cm³/mol. The molecule has 18 heavy (non-hydrogen) atoms. The number of anilines is 1. The van der Waals surface area contributed by atoms with Crippen molar-refractivity contribution >= 4 is 29.2 Å². The molecule has 94 valence electrons. The molecule has 1 unspecified atom stereocenters. The Bertz CT molecular complexity index is 495. The normalized spacial score (nSPS) is 24.1. The fourth-order valence-electron chi connectivity index (χ4n) is 2.33. The molecule has 2 aliphatic rings. The minimum absolute atomic E-state index is 0.00346. The van der Waals surface area contributed by atoms with Crippen LogP contribution < -0.4 is 10.2 Å². The van der Waals surface area contributed by atoms with E-state index >= 15 is 0 Å². The number of carbonyl (C=O) groups excluding carboxylic acids is 2. The van der Waals surface area contributed by atoms with Crippen molar-refractivity contribution in [2.45, 2.75) is 25.3 Å². The van der Waals surface area contributed by atoms with Crippen LogP contribution in [0.2, 0.25) is 5.02 Å². The van der Waals surface area contributed by atoms with E-state index in [1.54, 1.807) is 24.3 Å². The molecule has 1 aliphatic carbocycles. The monoisotopic (exact) mass is 264 g/mol. The van der Waals surface area contributed by atoms with Crippen molar-refractivity contribution in [3.8, 4) is 0 Å². The summed E-state index contributed by atoms with van der Waals surface area (Å²) in [6.07, 6.45) is 2.57. The molecule has 3 rings (SSSR count). The number of imide groups is 1. The van der Waals surface area contributed by atoms with Crippen LogP contribution >= 0.6 is 11.6 Å². The number of hydrogen-bond acceptors (Lipinski definition) is 2.